The van der Waals surface area contributed by atoms with Crippen LogP contribution in [0, 0.1) is 0 Å². The first kappa shape index (κ1) is 15.9. The number of aliphatic hydroxyl groups excluding tert-OH is 1. The van der Waals surface area contributed by atoms with E-state index in [-0.39, 0.29) is 6.61 Å². The van der Waals surface area contributed by atoms with Gasteiger partial charge in [0.05, 0.1) is 27.7 Å². The van der Waals surface area contributed by atoms with Crippen LogP contribution in [0.5, 0.6) is 0 Å². The molecule has 124 valence electrons. The Morgan fingerprint density at radius 2 is 1.84 bits per heavy atom. The molecule has 25 heavy (non-hydrogen) atoms. The minimum atomic E-state index is -0.00812. The fourth-order valence-electron chi connectivity index (χ4n) is 2.32. The van der Waals surface area contributed by atoms with Crippen LogP contribution in [0.2, 0.25) is 0 Å². The average Bonchev–Trinajstić information content (AvgIpc) is 3.32. The van der Waals surface area contributed by atoms with E-state index in [0.29, 0.717) is 5.82 Å². The first-order valence-electron chi connectivity index (χ1n) is 7.62. The molecule has 0 spiro atoms. The van der Waals surface area contributed by atoms with Crippen molar-refractivity contribution >= 4 is 33.6 Å². The van der Waals surface area contributed by atoms with Gasteiger partial charge in [-0.2, -0.15) is 0 Å². The van der Waals surface area contributed by atoms with Crippen molar-refractivity contribution in [2.75, 3.05) is 5.32 Å². The Kier molecular flexibility index (Phi) is 4.51. The third kappa shape index (κ3) is 3.58. The lowest BCUT2D eigenvalue weighted by Crippen LogP contribution is -1.94. The third-order valence-corrected chi connectivity index (χ3v) is 5.41. The van der Waals surface area contributed by atoms with Gasteiger partial charge in [0.1, 0.15) is 5.82 Å². The van der Waals surface area contributed by atoms with E-state index in [2.05, 4.69) is 32.4 Å². The van der Waals surface area contributed by atoms with Crippen LogP contribution >= 0.6 is 22.7 Å². The lowest BCUT2D eigenvalue weighted by Gasteiger charge is -2.02. The van der Waals surface area contributed by atoms with E-state index in [1.807, 2.05) is 29.6 Å². The molecule has 0 saturated carbocycles. The minimum absolute atomic E-state index is 0.00812. The number of rotatable bonds is 5. The van der Waals surface area contributed by atoms with Gasteiger partial charge in [0.2, 0.25) is 0 Å². The highest BCUT2D eigenvalue weighted by molar-refractivity contribution is 7.19. The lowest BCUT2D eigenvalue weighted by atomic mass is 10.3. The van der Waals surface area contributed by atoms with E-state index in [1.54, 1.807) is 29.8 Å². The molecule has 0 bridgehead atoms. The highest BCUT2D eigenvalue weighted by Gasteiger charge is 2.10. The summed E-state index contributed by atoms with van der Waals surface area (Å²) in [6, 6.07) is 13.6. The fraction of sp³-hybridized carbons (Fsp3) is 0.0556. The summed E-state index contributed by atoms with van der Waals surface area (Å²) >= 11 is 3.19. The number of hydrogen-bond acceptors (Lipinski definition) is 7. The lowest BCUT2D eigenvalue weighted by molar-refractivity contribution is 0.282. The molecule has 4 heterocycles. The Hall–Kier alpha value is -2.61. The normalized spacial score (nSPS) is 10.8. The predicted molar refractivity (Wildman–Crippen MR) is 102 cm³/mol. The van der Waals surface area contributed by atoms with Crippen LogP contribution < -0.4 is 5.32 Å². The molecular weight excluding hydrogens is 352 g/mol. The van der Waals surface area contributed by atoms with Crippen molar-refractivity contribution in [3.8, 4) is 21.1 Å². The number of aliphatic hydroxyl groups is 1. The molecule has 0 unspecified atom stereocenters. The number of nitrogens with zero attached hydrogens (tertiary/aromatic N) is 3. The molecule has 7 heteroatoms. The van der Waals surface area contributed by atoms with Crippen molar-refractivity contribution in [2.24, 2.45) is 0 Å². The third-order valence-electron chi connectivity index (χ3n) is 3.52. The van der Waals surface area contributed by atoms with Gasteiger partial charge in [0.25, 0.3) is 0 Å². The van der Waals surface area contributed by atoms with Gasteiger partial charge in [-0.3, -0.25) is 4.98 Å². The van der Waals surface area contributed by atoms with E-state index in [1.165, 1.54) is 11.3 Å². The number of thiazole rings is 1. The first-order chi connectivity index (χ1) is 12.3. The standard InChI is InChI=1S/C18H14N4OS2/c23-10-12-6-8-20-17(9-12)22-18-21-14(11-24-18)16-5-4-15(25-16)13-3-1-2-7-19-13/h1-9,11,23H,10H2,(H,20,21,22). The summed E-state index contributed by atoms with van der Waals surface area (Å²) in [7, 11) is 0. The van der Waals surface area contributed by atoms with Crippen molar-refractivity contribution in [2.45, 2.75) is 6.61 Å². The maximum absolute atomic E-state index is 9.20. The van der Waals surface area contributed by atoms with Crippen LogP contribution in [0.1, 0.15) is 5.56 Å². The zero-order valence-electron chi connectivity index (χ0n) is 13.1. The van der Waals surface area contributed by atoms with E-state index in [0.717, 1.165) is 31.8 Å². The second-order valence-electron chi connectivity index (χ2n) is 5.25. The van der Waals surface area contributed by atoms with Crippen LogP contribution in [-0.4, -0.2) is 20.1 Å². The van der Waals surface area contributed by atoms with Crippen molar-refractivity contribution in [3.05, 3.63) is 65.8 Å². The molecule has 4 aromatic heterocycles. The molecule has 0 amide bonds. The molecule has 0 aliphatic carbocycles. The predicted octanol–water partition coefficient (Wildman–Crippen LogP) is 4.56. The summed E-state index contributed by atoms with van der Waals surface area (Å²) in [6.45, 7) is -0.00812. The monoisotopic (exact) mass is 366 g/mol. The second kappa shape index (κ2) is 7.10. The molecule has 0 aromatic carbocycles. The molecule has 0 atom stereocenters. The zero-order valence-corrected chi connectivity index (χ0v) is 14.7. The molecule has 0 aliphatic heterocycles. The summed E-state index contributed by atoms with van der Waals surface area (Å²) in [5.41, 5.74) is 2.71. The van der Waals surface area contributed by atoms with E-state index < -0.39 is 0 Å². The number of thiophene rings is 1. The average molecular weight is 366 g/mol. The molecule has 0 fully saturated rings. The number of hydrogen-bond donors (Lipinski definition) is 2. The summed E-state index contributed by atoms with van der Waals surface area (Å²) in [6.07, 6.45) is 3.47. The maximum Gasteiger partial charge on any atom is 0.188 e. The molecule has 0 aliphatic rings. The van der Waals surface area contributed by atoms with Crippen molar-refractivity contribution in [1.29, 1.82) is 0 Å². The van der Waals surface area contributed by atoms with Crippen LogP contribution in [-0.2, 0) is 6.61 Å². The molecule has 4 rings (SSSR count). The van der Waals surface area contributed by atoms with Crippen LogP contribution in [0.3, 0.4) is 0 Å². The van der Waals surface area contributed by atoms with Crippen LogP contribution in [0.4, 0.5) is 10.9 Å². The maximum atomic E-state index is 9.20. The van der Waals surface area contributed by atoms with E-state index in [4.69, 9.17) is 0 Å². The number of anilines is 2. The molecule has 5 nitrogen and oxygen atoms in total. The Bertz CT molecular complexity index is 981. The van der Waals surface area contributed by atoms with Crippen LogP contribution in [0.25, 0.3) is 21.1 Å². The van der Waals surface area contributed by atoms with E-state index in [9.17, 15) is 5.11 Å². The first-order valence-corrected chi connectivity index (χ1v) is 9.31. The fourth-order valence-corrected chi connectivity index (χ4v) is 4.05. The van der Waals surface area contributed by atoms with Crippen molar-refractivity contribution < 1.29 is 5.11 Å². The van der Waals surface area contributed by atoms with Gasteiger partial charge < -0.3 is 10.4 Å². The molecule has 0 radical (unpaired) electrons. The zero-order chi connectivity index (χ0) is 17.1. The molecule has 4 aromatic rings. The smallest absolute Gasteiger partial charge is 0.188 e. The van der Waals surface area contributed by atoms with Crippen molar-refractivity contribution in [1.82, 2.24) is 15.0 Å². The van der Waals surface area contributed by atoms with Gasteiger partial charge in [-0.05, 0) is 42.0 Å². The molecular formula is C18H14N4OS2. The number of nitrogens with one attached hydrogen (secondary N) is 1. The Morgan fingerprint density at radius 1 is 0.960 bits per heavy atom. The highest BCUT2D eigenvalue weighted by atomic mass is 32.1. The molecule has 0 saturated heterocycles. The SMILES string of the molecule is OCc1ccnc(Nc2nc(-c3ccc(-c4ccccn4)s3)cs2)c1. The van der Waals surface area contributed by atoms with Crippen LogP contribution in [0.15, 0.2) is 60.2 Å². The summed E-state index contributed by atoms with van der Waals surface area (Å²) < 4.78 is 0. The topological polar surface area (TPSA) is 70.9 Å². The van der Waals surface area contributed by atoms with Crippen molar-refractivity contribution in [3.63, 3.8) is 0 Å². The Labute approximate surface area is 152 Å². The minimum Gasteiger partial charge on any atom is -0.392 e. The summed E-state index contributed by atoms with van der Waals surface area (Å²) in [5, 5.41) is 15.2. The summed E-state index contributed by atoms with van der Waals surface area (Å²) in [5.74, 6) is 0.674. The van der Waals surface area contributed by atoms with Gasteiger partial charge in [0.15, 0.2) is 5.13 Å². The Balaban J connectivity index is 1.54. The number of pyridine rings is 2. The van der Waals surface area contributed by atoms with Gasteiger partial charge in [-0.15, -0.1) is 22.7 Å². The van der Waals surface area contributed by atoms with Gasteiger partial charge in [-0.25, -0.2) is 9.97 Å². The quantitative estimate of drug-likeness (QED) is 0.542. The summed E-state index contributed by atoms with van der Waals surface area (Å²) in [4.78, 5) is 15.5. The number of aromatic nitrogens is 3. The molecule has 2 N–H and O–H groups in total. The highest BCUT2D eigenvalue weighted by Crippen LogP contribution is 2.35. The van der Waals surface area contributed by atoms with Gasteiger partial charge >= 0.3 is 0 Å². The van der Waals surface area contributed by atoms with Gasteiger partial charge in [0, 0.05) is 17.8 Å². The van der Waals surface area contributed by atoms with Gasteiger partial charge in [-0.1, -0.05) is 6.07 Å². The largest absolute Gasteiger partial charge is 0.392 e. The Morgan fingerprint density at radius 3 is 2.64 bits per heavy atom. The second-order valence-corrected chi connectivity index (χ2v) is 7.19. The van der Waals surface area contributed by atoms with E-state index >= 15 is 0 Å².